The molecule has 1 aromatic rings. The van der Waals surface area contributed by atoms with Crippen LogP contribution >= 0.6 is 0 Å². The number of para-hydroxylation sites is 1. The van der Waals surface area contributed by atoms with Gasteiger partial charge in [0.1, 0.15) is 0 Å². The minimum absolute atomic E-state index is 0.215. The molecule has 1 unspecified atom stereocenters. The largest absolute Gasteiger partial charge is 0.418 e. The third kappa shape index (κ3) is 3.41. The maximum absolute atomic E-state index is 13.0. The fraction of sp³-hybridized carbons (Fsp3) is 0.571. The minimum atomic E-state index is -4.34. The fourth-order valence-electron chi connectivity index (χ4n) is 2.49. The van der Waals surface area contributed by atoms with Crippen molar-refractivity contribution in [1.29, 1.82) is 0 Å². The van der Waals surface area contributed by atoms with Gasteiger partial charge in [0.25, 0.3) is 0 Å². The van der Waals surface area contributed by atoms with Crippen molar-refractivity contribution in [3.05, 3.63) is 29.8 Å². The van der Waals surface area contributed by atoms with Crippen LogP contribution < -0.4 is 4.90 Å². The first-order valence-corrected chi connectivity index (χ1v) is 6.43. The summed E-state index contributed by atoms with van der Waals surface area (Å²) < 4.78 is 38.9. The van der Waals surface area contributed by atoms with Gasteiger partial charge in [-0.2, -0.15) is 13.2 Å². The Morgan fingerprint density at radius 1 is 1.16 bits per heavy atom. The van der Waals surface area contributed by atoms with E-state index in [0.717, 1.165) is 6.07 Å². The van der Waals surface area contributed by atoms with Gasteiger partial charge in [-0.05, 0) is 38.3 Å². The maximum Gasteiger partial charge on any atom is 0.418 e. The minimum Gasteiger partial charge on any atom is -0.390 e. The first-order chi connectivity index (χ1) is 8.80. The Morgan fingerprint density at radius 2 is 1.84 bits per heavy atom. The molecule has 19 heavy (non-hydrogen) atoms. The lowest BCUT2D eigenvalue weighted by molar-refractivity contribution is -0.137. The predicted molar refractivity (Wildman–Crippen MR) is 68.1 cm³/mol. The summed E-state index contributed by atoms with van der Waals surface area (Å²) in [5.41, 5.74) is -1.16. The van der Waals surface area contributed by atoms with Crippen LogP contribution in [0.2, 0.25) is 0 Å². The first kappa shape index (κ1) is 14.2. The van der Waals surface area contributed by atoms with Crippen LogP contribution in [0.3, 0.4) is 0 Å². The van der Waals surface area contributed by atoms with E-state index in [0.29, 0.717) is 32.4 Å². The van der Waals surface area contributed by atoms with Crippen molar-refractivity contribution in [2.75, 3.05) is 18.0 Å². The molecule has 1 heterocycles. The van der Waals surface area contributed by atoms with Crippen molar-refractivity contribution in [2.24, 2.45) is 0 Å². The quantitative estimate of drug-likeness (QED) is 0.847. The van der Waals surface area contributed by atoms with Gasteiger partial charge in [-0.15, -0.1) is 0 Å². The fourth-order valence-corrected chi connectivity index (χ4v) is 2.49. The highest BCUT2D eigenvalue weighted by Crippen LogP contribution is 2.37. The number of rotatable bonds is 1. The van der Waals surface area contributed by atoms with E-state index in [1.165, 1.54) is 12.1 Å². The van der Waals surface area contributed by atoms with Crippen LogP contribution in [-0.2, 0) is 6.18 Å². The molecule has 0 aliphatic carbocycles. The molecule has 0 saturated carbocycles. The average molecular weight is 273 g/mol. The van der Waals surface area contributed by atoms with E-state index in [1.54, 1.807) is 17.9 Å². The molecular weight excluding hydrogens is 255 g/mol. The highest BCUT2D eigenvalue weighted by molar-refractivity contribution is 5.55. The zero-order chi connectivity index (χ0) is 14.1. The zero-order valence-electron chi connectivity index (χ0n) is 10.9. The number of benzene rings is 1. The third-order valence-corrected chi connectivity index (χ3v) is 3.61. The van der Waals surface area contributed by atoms with Crippen molar-refractivity contribution >= 4 is 5.69 Å². The van der Waals surface area contributed by atoms with Gasteiger partial charge in [-0.1, -0.05) is 12.1 Å². The summed E-state index contributed by atoms with van der Waals surface area (Å²) in [6.45, 7) is 2.73. The molecule has 1 atom stereocenters. The molecule has 1 saturated heterocycles. The van der Waals surface area contributed by atoms with E-state index in [4.69, 9.17) is 0 Å². The topological polar surface area (TPSA) is 23.5 Å². The summed E-state index contributed by atoms with van der Waals surface area (Å²) in [5.74, 6) is 0. The molecule has 0 radical (unpaired) electrons. The van der Waals surface area contributed by atoms with Gasteiger partial charge in [0.05, 0.1) is 11.2 Å². The van der Waals surface area contributed by atoms with Crippen LogP contribution in [0, 0.1) is 0 Å². The molecular formula is C14H18F3NO. The number of halogens is 3. The Hall–Kier alpha value is -1.23. The molecule has 2 rings (SSSR count). The number of alkyl halides is 3. The van der Waals surface area contributed by atoms with E-state index >= 15 is 0 Å². The van der Waals surface area contributed by atoms with Gasteiger partial charge in [-0.3, -0.25) is 0 Å². The number of nitrogens with zero attached hydrogens (tertiary/aromatic N) is 1. The number of hydrogen-bond acceptors (Lipinski definition) is 2. The molecule has 2 nitrogen and oxygen atoms in total. The Balaban J connectivity index is 2.27. The normalized spacial score (nSPS) is 25.2. The summed E-state index contributed by atoms with van der Waals surface area (Å²) in [4.78, 5) is 1.73. The molecule has 5 heteroatoms. The Bertz CT molecular complexity index is 443. The highest BCUT2D eigenvalue weighted by atomic mass is 19.4. The van der Waals surface area contributed by atoms with Crippen molar-refractivity contribution in [2.45, 2.75) is 38.0 Å². The lowest BCUT2D eigenvalue weighted by Gasteiger charge is -2.27. The van der Waals surface area contributed by atoms with Crippen molar-refractivity contribution in [1.82, 2.24) is 0 Å². The average Bonchev–Trinajstić information content (AvgIpc) is 2.49. The summed E-state index contributed by atoms with van der Waals surface area (Å²) in [7, 11) is 0. The summed E-state index contributed by atoms with van der Waals surface area (Å²) in [6, 6.07) is 5.63. The Morgan fingerprint density at radius 3 is 2.53 bits per heavy atom. The number of hydrogen-bond donors (Lipinski definition) is 1. The molecule has 0 aromatic heterocycles. The molecule has 0 bridgehead atoms. The van der Waals surface area contributed by atoms with Crippen LogP contribution in [0.4, 0.5) is 18.9 Å². The SMILES string of the molecule is CC1(O)CCCN(c2ccccc2C(F)(F)F)CC1. The molecule has 1 N–H and O–H groups in total. The highest BCUT2D eigenvalue weighted by Gasteiger charge is 2.35. The van der Waals surface area contributed by atoms with Crippen molar-refractivity contribution in [3.8, 4) is 0 Å². The van der Waals surface area contributed by atoms with Gasteiger partial charge < -0.3 is 10.0 Å². The van der Waals surface area contributed by atoms with Crippen LogP contribution in [0.5, 0.6) is 0 Å². The lowest BCUT2D eigenvalue weighted by atomic mass is 9.98. The van der Waals surface area contributed by atoms with Gasteiger partial charge in [0.2, 0.25) is 0 Å². The Kier molecular flexibility index (Phi) is 3.76. The van der Waals surface area contributed by atoms with Gasteiger partial charge in [-0.25, -0.2) is 0 Å². The molecule has 0 spiro atoms. The van der Waals surface area contributed by atoms with E-state index in [1.807, 2.05) is 0 Å². The molecule has 1 aliphatic heterocycles. The lowest BCUT2D eigenvalue weighted by Crippen LogP contribution is -2.29. The van der Waals surface area contributed by atoms with Crippen molar-refractivity contribution in [3.63, 3.8) is 0 Å². The van der Waals surface area contributed by atoms with Crippen LogP contribution in [0.15, 0.2) is 24.3 Å². The van der Waals surface area contributed by atoms with Gasteiger partial charge in [0, 0.05) is 18.8 Å². The second kappa shape index (κ2) is 5.04. The molecule has 106 valence electrons. The van der Waals surface area contributed by atoms with Crippen LogP contribution in [0.1, 0.15) is 31.7 Å². The van der Waals surface area contributed by atoms with E-state index in [-0.39, 0.29) is 5.69 Å². The second-order valence-electron chi connectivity index (χ2n) is 5.35. The van der Waals surface area contributed by atoms with Crippen molar-refractivity contribution < 1.29 is 18.3 Å². The monoisotopic (exact) mass is 273 g/mol. The standard InChI is InChI=1S/C14H18F3NO/c1-13(19)7-4-9-18(10-8-13)12-6-3-2-5-11(12)14(15,16)17/h2-3,5-6,19H,4,7-10H2,1H3. The molecule has 0 amide bonds. The number of anilines is 1. The molecule has 1 aliphatic rings. The van der Waals surface area contributed by atoms with Gasteiger partial charge in [0.15, 0.2) is 0 Å². The summed E-state index contributed by atoms with van der Waals surface area (Å²) >= 11 is 0. The first-order valence-electron chi connectivity index (χ1n) is 6.43. The smallest absolute Gasteiger partial charge is 0.390 e. The maximum atomic E-state index is 13.0. The summed E-state index contributed by atoms with van der Waals surface area (Å²) in [6.07, 6.45) is -2.54. The van der Waals surface area contributed by atoms with E-state index in [9.17, 15) is 18.3 Å². The number of aliphatic hydroxyl groups is 1. The Labute approximate surface area is 110 Å². The summed E-state index contributed by atoms with van der Waals surface area (Å²) in [5, 5.41) is 10.00. The predicted octanol–water partition coefficient (Wildman–Crippen LogP) is 3.45. The zero-order valence-corrected chi connectivity index (χ0v) is 10.9. The van der Waals surface area contributed by atoms with E-state index < -0.39 is 17.3 Å². The second-order valence-corrected chi connectivity index (χ2v) is 5.35. The van der Waals surface area contributed by atoms with Crippen LogP contribution in [-0.4, -0.2) is 23.8 Å². The van der Waals surface area contributed by atoms with Gasteiger partial charge >= 0.3 is 6.18 Å². The van der Waals surface area contributed by atoms with Crippen LogP contribution in [0.25, 0.3) is 0 Å². The third-order valence-electron chi connectivity index (χ3n) is 3.61. The molecule has 1 aromatic carbocycles. The molecule has 1 fully saturated rings. The van der Waals surface area contributed by atoms with E-state index in [2.05, 4.69) is 0 Å².